The van der Waals surface area contributed by atoms with Crippen LogP contribution < -0.4 is 5.32 Å². The third kappa shape index (κ3) is 9.41. The van der Waals surface area contributed by atoms with Gasteiger partial charge in [-0.3, -0.25) is 9.59 Å². The van der Waals surface area contributed by atoms with Gasteiger partial charge in [0.15, 0.2) is 0 Å². The van der Waals surface area contributed by atoms with Crippen LogP contribution in [0, 0.1) is 12.8 Å². The van der Waals surface area contributed by atoms with Crippen LogP contribution >= 0.6 is 35.0 Å². The van der Waals surface area contributed by atoms with Gasteiger partial charge in [-0.15, -0.1) is 11.8 Å². The number of nitrogens with one attached hydrogen (secondary N) is 1. The third-order valence-electron chi connectivity index (χ3n) is 5.91. The first-order valence-electron chi connectivity index (χ1n) is 12.4. The first kappa shape index (κ1) is 29.1. The van der Waals surface area contributed by atoms with Crippen molar-refractivity contribution >= 4 is 46.8 Å². The monoisotopic (exact) mass is 556 g/mol. The van der Waals surface area contributed by atoms with Crippen molar-refractivity contribution in [3.63, 3.8) is 0 Å². The van der Waals surface area contributed by atoms with Crippen molar-refractivity contribution in [2.24, 2.45) is 5.92 Å². The third-order valence-corrected chi connectivity index (χ3v) is 7.63. The van der Waals surface area contributed by atoms with Crippen LogP contribution in [-0.4, -0.2) is 35.1 Å². The largest absolute Gasteiger partial charge is 0.354 e. The predicted molar refractivity (Wildman–Crippen MR) is 156 cm³/mol. The molecule has 0 saturated carbocycles. The topological polar surface area (TPSA) is 49.4 Å². The van der Waals surface area contributed by atoms with Crippen molar-refractivity contribution in [3.8, 4) is 0 Å². The van der Waals surface area contributed by atoms with Gasteiger partial charge in [0.1, 0.15) is 6.04 Å². The van der Waals surface area contributed by atoms with Crippen LogP contribution in [-0.2, 0) is 28.3 Å². The number of benzene rings is 3. The molecular formula is C30H34Cl2N2O2S. The minimum Gasteiger partial charge on any atom is -0.354 e. The van der Waals surface area contributed by atoms with E-state index in [0.29, 0.717) is 28.9 Å². The van der Waals surface area contributed by atoms with Crippen LogP contribution in [0.15, 0.2) is 72.8 Å². The molecule has 1 atom stereocenters. The number of amides is 2. The van der Waals surface area contributed by atoms with Gasteiger partial charge in [0, 0.05) is 25.3 Å². The lowest BCUT2D eigenvalue weighted by Gasteiger charge is -2.32. The Balaban J connectivity index is 1.86. The number of aryl methyl sites for hydroxylation is 1. The van der Waals surface area contributed by atoms with Crippen LogP contribution in [0.2, 0.25) is 10.0 Å². The Morgan fingerprint density at radius 2 is 1.57 bits per heavy atom. The zero-order valence-corrected chi connectivity index (χ0v) is 23.9. The quantitative estimate of drug-likeness (QED) is 0.262. The molecule has 4 nitrogen and oxygen atoms in total. The van der Waals surface area contributed by atoms with E-state index in [1.165, 1.54) is 5.56 Å². The standard InChI is InChI=1S/C30H34Cl2N2O2S/c1-21(2)17-33-30(36)28(16-23-7-5-4-6-8-23)34(18-25-13-14-26(31)27(32)15-25)29(35)20-37-19-24-11-9-22(3)10-12-24/h4-15,21,28H,16-20H2,1-3H3,(H,33,36)/t28-/m0/s1. The minimum absolute atomic E-state index is 0.0937. The zero-order chi connectivity index (χ0) is 26.8. The first-order chi connectivity index (χ1) is 17.7. The average Bonchev–Trinajstić information content (AvgIpc) is 2.88. The van der Waals surface area contributed by atoms with Gasteiger partial charge in [0.2, 0.25) is 11.8 Å². The van der Waals surface area contributed by atoms with Gasteiger partial charge in [0.25, 0.3) is 0 Å². The molecule has 1 N–H and O–H groups in total. The molecule has 0 aromatic heterocycles. The van der Waals surface area contributed by atoms with E-state index in [0.717, 1.165) is 22.4 Å². The lowest BCUT2D eigenvalue weighted by atomic mass is 10.0. The van der Waals surface area contributed by atoms with Crippen LogP contribution in [0.1, 0.15) is 36.1 Å². The number of hydrogen-bond acceptors (Lipinski definition) is 3. The smallest absolute Gasteiger partial charge is 0.243 e. The fraction of sp³-hybridized carbons (Fsp3) is 0.333. The Morgan fingerprint density at radius 3 is 2.22 bits per heavy atom. The molecule has 37 heavy (non-hydrogen) atoms. The summed E-state index contributed by atoms with van der Waals surface area (Å²) in [6.45, 7) is 6.95. The molecular weight excluding hydrogens is 523 g/mol. The molecule has 3 aromatic rings. The maximum Gasteiger partial charge on any atom is 0.243 e. The lowest BCUT2D eigenvalue weighted by molar-refractivity contribution is -0.139. The Morgan fingerprint density at radius 1 is 0.892 bits per heavy atom. The molecule has 7 heteroatoms. The van der Waals surface area contributed by atoms with Crippen LogP contribution in [0.5, 0.6) is 0 Å². The molecule has 0 aliphatic carbocycles. The molecule has 0 aliphatic heterocycles. The van der Waals surface area contributed by atoms with Gasteiger partial charge in [-0.25, -0.2) is 0 Å². The van der Waals surface area contributed by atoms with Gasteiger partial charge in [-0.2, -0.15) is 0 Å². The Bertz CT molecular complexity index is 1170. The molecule has 0 saturated heterocycles. The fourth-order valence-corrected chi connectivity index (χ4v) is 5.03. The number of rotatable bonds is 12. The normalized spacial score (nSPS) is 11.8. The van der Waals surface area contributed by atoms with Crippen molar-refractivity contribution in [1.82, 2.24) is 10.2 Å². The van der Waals surface area contributed by atoms with E-state index >= 15 is 0 Å². The van der Waals surface area contributed by atoms with Crippen molar-refractivity contribution < 1.29 is 9.59 Å². The summed E-state index contributed by atoms with van der Waals surface area (Å²) in [5.74, 6) is 1.02. The van der Waals surface area contributed by atoms with E-state index < -0.39 is 6.04 Å². The van der Waals surface area contributed by atoms with Crippen molar-refractivity contribution in [2.75, 3.05) is 12.3 Å². The molecule has 0 spiro atoms. The molecule has 0 fully saturated rings. The van der Waals surface area contributed by atoms with E-state index in [1.807, 2.05) is 50.2 Å². The number of carbonyl (C=O) groups excluding carboxylic acids is 2. The van der Waals surface area contributed by atoms with Gasteiger partial charge in [-0.1, -0.05) is 103 Å². The Hall–Kier alpha value is -2.47. The Labute approximate surface area is 234 Å². The highest BCUT2D eigenvalue weighted by Crippen LogP contribution is 2.25. The lowest BCUT2D eigenvalue weighted by Crippen LogP contribution is -2.51. The zero-order valence-electron chi connectivity index (χ0n) is 21.5. The van der Waals surface area contributed by atoms with E-state index in [-0.39, 0.29) is 24.1 Å². The predicted octanol–water partition coefficient (Wildman–Crippen LogP) is 6.95. The number of carbonyl (C=O) groups is 2. The Kier molecular flexibility index (Phi) is 11.4. The maximum absolute atomic E-state index is 13.7. The average molecular weight is 558 g/mol. The van der Waals surface area contributed by atoms with Gasteiger partial charge in [-0.05, 0) is 41.7 Å². The van der Waals surface area contributed by atoms with Gasteiger partial charge < -0.3 is 10.2 Å². The summed E-state index contributed by atoms with van der Waals surface area (Å²) >= 11 is 14.0. The summed E-state index contributed by atoms with van der Waals surface area (Å²) in [5.41, 5.74) is 4.18. The van der Waals surface area contributed by atoms with Crippen molar-refractivity contribution in [3.05, 3.63) is 105 Å². The molecule has 0 unspecified atom stereocenters. The molecule has 0 heterocycles. The SMILES string of the molecule is Cc1ccc(CSCC(=O)N(Cc2ccc(Cl)c(Cl)c2)[C@@H](Cc2ccccc2)C(=O)NCC(C)C)cc1. The molecule has 2 amide bonds. The molecule has 0 aliphatic rings. The van der Waals surface area contributed by atoms with Crippen molar-refractivity contribution in [2.45, 2.75) is 45.5 Å². The van der Waals surface area contributed by atoms with E-state index in [9.17, 15) is 9.59 Å². The highest BCUT2D eigenvalue weighted by Gasteiger charge is 2.30. The van der Waals surface area contributed by atoms with Gasteiger partial charge >= 0.3 is 0 Å². The fourth-order valence-electron chi connectivity index (χ4n) is 3.83. The second-order valence-corrected chi connectivity index (χ2v) is 11.4. The maximum atomic E-state index is 13.7. The molecule has 0 bridgehead atoms. The summed E-state index contributed by atoms with van der Waals surface area (Å²) < 4.78 is 0. The summed E-state index contributed by atoms with van der Waals surface area (Å²) in [6, 6.07) is 22.8. The first-order valence-corrected chi connectivity index (χ1v) is 14.3. The number of thioether (sulfide) groups is 1. The highest BCUT2D eigenvalue weighted by molar-refractivity contribution is 7.99. The minimum atomic E-state index is -0.664. The summed E-state index contributed by atoms with van der Waals surface area (Å²) in [6.07, 6.45) is 0.417. The summed E-state index contributed by atoms with van der Waals surface area (Å²) in [5, 5.41) is 3.92. The van der Waals surface area contributed by atoms with E-state index in [1.54, 1.807) is 28.8 Å². The molecule has 0 radical (unpaired) electrons. The summed E-state index contributed by atoms with van der Waals surface area (Å²) in [7, 11) is 0. The van der Waals surface area contributed by atoms with Crippen LogP contribution in [0.25, 0.3) is 0 Å². The highest BCUT2D eigenvalue weighted by atomic mass is 35.5. The second-order valence-electron chi connectivity index (χ2n) is 9.59. The van der Waals surface area contributed by atoms with Gasteiger partial charge in [0.05, 0.1) is 15.8 Å². The van der Waals surface area contributed by atoms with Crippen LogP contribution in [0.4, 0.5) is 0 Å². The van der Waals surface area contributed by atoms with Crippen molar-refractivity contribution in [1.29, 1.82) is 0 Å². The van der Waals surface area contributed by atoms with Crippen LogP contribution in [0.3, 0.4) is 0 Å². The second kappa shape index (κ2) is 14.5. The van der Waals surface area contributed by atoms with E-state index in [4.69, 9.17) is 23.2 Å². The molecule has 196 valence electrons. The number of halogens is 2. The van der Waals surface area contributed by atoms with E-state index in [2.05, 4.69) is 36.5 Å². The molecule has 3 rings (SSSR count). The number of hydrogen-bond donors (Lipinski definition) is 1. The summed E-state index contributed by atoms with van der Waals surface area (Å²) in [4.78, 5) is 28.8. The number of nitrogens with zero attached hydrogens (tertiary/aromatic N) is 1. The molecule has 3 aromatic carbocycles.